The van der Waals surface area contributed by atoms with E-state index in [0.29, 0.717) is 17.4 Å². The molecule has 5 heteroatoms. The van der Waals surface area contributed by atoms with E-state index in [-0.39, 0.29) is 11.6 Å². The minimum absolute atomic E-state index is 0.144. The number of carbonyl (C=O) groups is 1. The zero-order valence-electron chi connectivity index (χ0n) is 11.4. The normalized spacial score (nSPS) is 26.9. The van der Waals surface area contributed by atoms with Crippen molar-refractivity contribution in [3.05, 3.63) is 17.8 Å². The Hall–Kier alpha value is -1.78. The van der Waals surface area contributed by atoms with Crippen LogP contribution in [0.4, 0.5) is 11.5 Å². The van der Waals surface area contributed by atoms with E-state index in [1.807, 2.05) is 0 Å². The van der Waals surface area contributed by atoms with E-state index < -0.39 is 5.97 Å². The third-order valence-corrected chi connectivity index (χ3v) is 3.89. The summed E-state index contributed by atoms with van der Waals surface area (Å²) in [6, 6.07) is 1.73. The van der Waals surface area contributed by atoms with Crippen LogP contribution in [0.2, 0.25) is 0 Å². The smallest absolute Gasteiger partial charge is 0.339 e. The van der Waals surface area contributed by atoms with E-state index in [0.717, 1.165) is 18.8 Å². The zero-order valence-corrected chi connectivity index (χ0v) is 11.4. The van der Waals surface area contributed by atoms with Crippen LogP contribution in [0.15, 0.2) is 12.3 Å². The zero-order chi connectivity index (χ0) is 14.0. The Bertz CT molecular complexity index is 476. The van der Waals surface area contributed by atoms with Crippen LogP contribution < -0.4 is 11.1 Å². The standard InChI is InChI=1S/C14H21N3O2/c1-8-3-4-12(9(2)5-8)17-13-11(14(18)19)6-10(15)7-16-13/h6-9,12H,3-5,15H2,1-2H3,(H,16,17)(H,18,19). The molecular weight excluding hydrogens is 242 g/mol. The lowest BCUT2D eigenvalue weighted by Crippen LogP contribution is -2.33. The van der Waals surface area contributed by atoms with Gasteiger partial charge in [0.1, 0.15) is 11.4 Å². The molecule has 1 aliphatic rings. The van der Waals surface area contributed by atoms with Crippen LogP contribution in [0.25, 0.3) is 0 Å². The second-order valence-electron chi connectivity index (χ2n) is 5.62. The average Bonchev–Trinajstić information content (AvgIpc) is 2.34. The van der Waals surface area contributed by atoms with Gasteiger partial charge in [0.15, 0.2) is 0 Å². The van der Waals surface area contributed by atoms with E-state index in [9.17, 15) is 9.90 Å². The van der Waals surface area contributed by atoms with Crippen molar-refractivity contribution in [1.29, 1.82) is 0 Å². The molecule has 0 aliphatic heterocycles. The maximum atomic E-state index is 11.2. The fourth-order valence-electron chi connectivity index (χ4n) is 2.81. The van der Waals surface area contributed by atoms with Gasteiger partial charge in [-0.1, -0.05) is 13.8 Å². The van der Waals surface area contributed by atoms with E-state index in [1.54, 1.807) is 0 Å². The fourth-order valence-corrected chi connectivity index (χ4v) is 2.81. The van der Waals surface area contributed by atoms with Crippen molar-refractivity contribution in [2.45, 2.75) is 39.2 Å². The van der Waals surface area contributed by atoms with Gasteiger partial charge < -0.3 is 16.2 Å². The van der Waals surface area contributed by atoms with Crippen molar-refractivity contribution in [1.82, 2.24) is 4.98 Å². The SMILES string of the molecule is CC1CCC(Nc2ncc(N)cc2C(=O)O)C(C)C1. The summed E-state index contributed by atoms with van der Waals surface area (Å²) in [5.74, 6) is 0.684. The summed E-state index contributed by atoms with van der Waals surface area (Å²) in [5.41, 5.74) is 6.10. The molecule has 3 unspecified atom stereocenters. The summed E-state index contributed by atoms with van der Waals surface area (Å²) < 4.78 is 0. The van der Waals surface area contributed by atoms with Gasteiger partial charge in [0, 0.05) is 6.04 Å². The first-order valence-corrected chi connectivity index (χ1v) is 6.72. The highest BCUT2D eigenvalue weighted by Crippen LogP contribution is 2.31. The molecule has 5 nitrogen and oxygen atoms in total. The monoisotopic (exact) mass is 263 g/mol. The number of aromatic nitrogens is 1. The molecule has 0 aromatic carbocycles. The maximum absolute atomic E-state index is 11.2. The molecule has 0 saturated heterocycles. The van der Waals surface area contributed by atoms with E-state index in [1.165, 1.54) is 18.7 Å². The molecule has 1 heterocycles. The van der Waals surface area contributed by atoms with Crippen molar-refractivity contribution < 1.29 is 9.90 Å². The number of hydrogen-bond acceptors (Lipinski definition) is 4. The highest BCUT2D eigenvalue weighted by atomic mass is 16.4. The molecule has 0 bridgehead atoms. The van der Waals surface area contributed by atoms with Crippen LogP contribution >= 0.6 is 0 Å². The van der Waals surface area contributed by atoms with Gasteiger partial charge in [-0.3, -0.25) is 0 Å². The molecule has 1 aromatic rings. The van der Waals surface area contributed by atoms with E-state index in [2.05, 4.69) is 24.1 Å². The summed E-state index contributed by atoms with van der Waals surface area (Å²) in [5, 5.41) is 12.5. The summed E-state index contributed by atoms with van der Waals surface area (Å²) >= 11 is 0. The van der Waals surface area contributed by atoms with Gasteiger partial charge in [0.05, 0.1) is 11.9 Å². The predicted molar refractivity (Wildman–Crippen MR) is 75.2 cm³/mol. The van der Waals surface area contributed by atoms with Gasteiger partial charge in [-0.2, -0.15) is 0 Å². The van der Waals surface area contributed by atoms with E-state index >= 15 is 0 Å². The molecule has 1 aliphatic carbocycles. The second-order valence-corrected chi connectivity index (χ2v) is 5.62. The number of carboxylic acid groups (broad SMARTS) is 1. The Morgan fingerprint density at radius 2 is 2.21 bits per heavy atom. The Morgan fingerprint density at radius 3 is 2.84 bits per heavy atom. The van der Waals surface area contributed by atoms with Crippen LogP contribution in [0, 0.1) is 11.8 Å². The molecule has 0 spiro atoms. The summed E-state index contributed by atoms with van der Waals surface area (Å²) in [6.07, 6.45) is 4.87. The summed E-state index contributed by atoms with van der Waals surface area (Å²) in [7, 11) is 0. The molecule has 1 fully saturated rings. The number of carboxylic acids is 1. The number of nitrogen functional groups attached to an aromatic ring is 1. The maximum Gasteiger partial charge on any atom is 0.339 e. The lowest BCUT2D eigenvalue weighted by atomic mass is 9.80. The van der Waals surface area contributed by atoms with Gasteiger partial charge in [0.2, 0.25) is 0 Å². The van der Waals surface area contributed by atoms with Crippen molar-refractivity contribution in [3.63, 3.8) is 0 Å². The first kappa shape index (κ1) is 13.6. The van der Waals surface area contributed by atoms with E-state index in [4.69, 9.17) is 5.73 Å². The van der Waals surface area contributed by atoms with Crippen LogP contribution in [-0.2, 0) is 0 Å². The Balaban J connectivity index is 2.17. The summed E-state index contributed by atoms with van der Waals surface area (Å²) in [4.78, 5) is 15.3. The molecule has 1 aromatic heterocycles. The van der Waals surface area contributed by atoms with Gasteiger partial charge in [-0.15, -0.1) is 0 Å². The number of aromatic carboxylic acids is 1. The first-order valence-electron chi connectivity index (χ1n) is 6.72. The van der Waals surface area contributed by atoms with Crippen molar-refractivity contribution in [2.24, 2.45) is 11.8 Å². The molecule has 4 N–H and O–H groups in total. The van der Waals surface area contributed by atoms with Gasteiger partial charge in [-0.05, 0) is 37.2 Å². The number of anilines is 2. The minimum Gasteiger partial charge on any atom is -0.478 e. The molecule has 104 valence electrons. The highest BCUT2D eigenvalue weighted by Gasteiger charge is 2.26. The molecular formula is C14H21N3O2. The molecule has 2 rings (SSSR count). The number of pyridine rings is 1. The number of nitrogens with zero attached hydrogens (tertiary/aromatic N) is 1. The third-order valence-electron chi connectivity index (χ3n) is 3.89. The minimum atomic E-state index is -1.00. The molecule has 19 heavy (non-hydrogen) atoms. The van der Waals surface area contributed by atoms with Crippen LogP contribution in [0.1, 0.15) is 43.5 Å². The van der Waals surface area contributed by atoms with Crippen molar-refractivity contribution in [2.75, 3.05) is 11.1 Å². The lowest BCUT2D eigenvalue weighted by molar-refractivity contribution is 0.0697. The topological polar surface area (TPSA) is 88.2 Å². The van der Waals surface area contributed by atoms with Crippen LogP contribution in [-0.4, -0.2) is 22.1 Å². The predicted octanol–water partition coefficient (Wildman–Crippen LogP) is 2.60. The summed E-state index contributed by atoms with van der Waals surface area (Å²) in [6.45, 7) is 4.46. The average molecular weight is 263 g/mol. The van der Waals surface area contributed by atoms with Gasteiger partial charge >= 0.3 is 5.97 Å². The fraction of sp³-hybridized carbons (Fsp3) is 0.571. The quantitative estimate of drug-likeness (QED) is 0.780. The number of nitrogens with one attached hydrogen (secondary N) is 1. The van der Waals surface area contributed by atoms with Gasteiger partial charge in [0.25, 0.3) is 0 Å². The molecule has 0 amide bonds. The van der Waals surface area contributed by atoms with Gasteiger partial charge in [-0.25, -0.2) is 9.78 Å². The molecule has 0 radical (unpaired) electrons. The largest absolute Gasteiger partial charge is 0.478 e. The van der Waals surface area contributed by atoms with Crippen LogP contribution in [0.3, 0.4) is 0 Å². The molecule has 3 atom stereocenters. The number of nitrogens with two attached hydrogens (primary N) is 1. The molecule has 1 saturated carbocycles. The van der Waals surface area contributed by atoms with Crippen LogP contribution in [0.5, 0.6) is 0 Å². The second kappa shape index (κ2) is 5.47. The third kappa shape index (κ3) is 3.16. The Morgan fingerprint density at radius 1 is 1.47 bits per heavy atom. The number of rotatable bonds is 3. The first-order chi connectivity index (χ1) is 8.97. The Labute approximate surface area is 113 Å². The van der Waals surface area contributed by atoms with Crippen molar-refractivity contribution >= 4 is 17.5 Å². The van der Waals surface area contributed by atoms with Crippen molar-refractivity contribution in [3.8, 4) is 0 Å². The lowest BCUT2D eigenvalue weighted by Gasteiger charge is -2.33. The highest BCUT2D eigenvalue weighted by molar-refractivity contribution is 5.94. The number of hydrogen-bond donors (Lipinski definition) is 3. The Kier molecular flexibility index (Phi) is 3.93.